The summed E-state index contributed by atoms with van der Waals surface area (Å²) in [6.45, 7) is 11.2. The average Bonchev–Trinajstić information content (AvgIpc) is 2.87. The molecular weight excluding hydrogens is 256 g/mol. The fraction of sp³-hybridized carbons (Fsp3) is 0.857. The summed E-state index contributed by atoms with van der Waals surface area (Å²) in [4.78, 5) is 2.52. The highest BCUT2D eigenvalue weighted by molar-refractivity contribution is 7.15. The van der Waals surface area contributed by atoms with Gasteiger partial charge in [0.1, 0.15) is 5.01 Å². The lowest BCUT2D eigenvalue weighted by Gasteiger charge is -2.38. The lowest BCUT2D eigenvalue weighted by molar-refractivity contribution is 0.109. The number of hydrogen-bond donors (Lipinski definition) is 1. The third-order valence-electron chi connectivity index (χ3n) is 4.27. The molecule has 2 rings (SSSR count). The van der Waals surface area contributed by atoms with Gasteiger partial charge in [-0.15, -0.1) is 10.2 Å². The molecule has 1 aliphatic heterocycles. The van der Waals surface area contributed by atoms with Gasteiger partial charge in [0.25, 0.3) is 0 Å². The molecule has 1 aliphatic rings. The minimum Gasteiger partial charge on any atom is -0.360 e. The number of rotatable bonds is 6. The second kappa shape index (κ2) is 6.66. The number of hydrogen-bond acceptors (Lipinski definition) is 5. The van der Waals surface area contributed by atoms with Crippen molar-refractivity contribution < 1.29 is 0 Å². The van der Waals surface area contributed by atoms with Crippen molar-refractivity contribution >= 4 is 16.5 Å². The Labute approximate surface area is 120 Å². The van der Waals surface area contributed by atoms with E-state index in [1.165, 1.54) is 32.4 Å². The van der Waals surface area contributed by atoms with Gasteiger partial charge in [0.15, 0.2) is 0 Å². The van der Waals surface area contributed by atoms with Gasteiger partial charge >= 0.3 is 0 Å². The van der Waals surface area contributed by atoms with E-state index in [-0.39, 0.29) is 0 Å². The Balaban J connectivity index is 1.80. The van der Waals surface area contributed by atoms with Crippen molar-refractivity contribution in [2.45, 2.75) is 53.0 Å². The van der Waals surface area contributed by atoms with Gasteiger partial charge in [-0.3, -0.25) is 4.90 Å². The predicted octanol–water partition coefficient (Wildman–Crippen LogP) is 3.37. The van der Waals surface area contributed by atoms with E-state index in [0.29, 0.717) is 5.41 Å². The lowest BCUT2D eigenvalue weighted by Crippen LogP contribution is -2.37. The third kappa shape index (κ3) is 4.14. The van der Waals surface area contributed by atoms with E-state index in [0.717, 1.165) is 29.6 Å². The molecule has 0 radical (unpaired) electrons. The Bertz CT molecular complexity index is 383. The van der Waals surface area contributed by atoms with Crippen molar-refractivity contribution in [1.82, 2.24) is 15.1 Å². The molecule has 0 unspecified atom stereocenters. The van der Waals surface area contributed by atoms with Gasteiger partial charge in [0.05, 0.1) is 6.54 Å². The van der Waals surface area contributed by atoms with Crippen LogP contribution in [0.2, 0.25) is 0 Å². The molecule has 0 saturated carbocycles. The van der Waals surface area contributed by atoms with E-state index in [9.17, 15) is 0 Å². The second-order valence-corrected chi connectivity index (χ2v) is 6.93. The number of aromatic nitrogens is 2. The molecule has 0 spiro atoms. The van der Waals surface area contributed by atoms with Gasteiger partial charge < -0.3 is 5.32 Å². The monoisotopic (exact) mass is 282 g/mol. The van der Waals surface area contributed by atoms with E-state index < -0.39 is 0 Å². The second-order valence-electron chi connectivity index (χ2n) is 5.87. The van der Waals surface area contributed by atoms with Crippen LogP contribution in [0.15, 0.2) is 0 Å². The zero-order chi connectivity index (χ0) is 13.7. The van der Waals surface area contributed by atoms with Crippen molar-refractivity contribution in [2.24, 2.45) is 5.41 Å². The fourth-order valence-corrected chi connectivity index (χ4v) is 3.22. The molecular formula is C14H26N4S. The van der Waals surface area contributed by atoms with Crippen LogP contribution in [0.3, 0.4) is 0 Å². The molecule has 1 fully saturated rings. The molecule has 0 atom stereocenters. The van der Waals surface area contributed by atoms with Crippen LogP contribution in [0.4, 0.5) is 5.13 Å². The summed E-state index contributed by atoms with van der Waals surface area (Å²) in [7, 11) is 0. The normalized spacial score (nSPS) is 19.5. The Kier molecular flexibility index (Phi) is 5.16. The van der Waals surface area contributed by atoms with Crippen molar-refractivity contribution in [3.63, 3.8) is 0 Å². The Morgan fingerprint density at radius 2 is 2.00 bits per heavy atom. The maximum Gasteiger partial charge on any atom is 0.205 e. The summed E-state index contributed by atoms with van der Waals surface area (Å²) in [5, 5.41) is 13.9. The Morgan fingerprint density at radius 3 is 2.63 bits per heavy atom. The summed E-state index contributed by atoms with van der Waals surface area (Å²) in [5.41, 5.74) is 0.561. The number of piperidine rings is 1. The molecule has 4 nitrogen and oxygen atoms in total. The quantitative estimate of drug-likeness (QED) is 0.868. The van der Waals surface area contributed by atoms with E-state index in [1.807, 2.05) is 0 Å². The van der Waals surface area contributed by atoms with Crippen LogP contribution in [0.5, 0.6) is 0 Å². The van der Waals surface area contributed by atoms with Crippen LogP contribution in [-0.2, 0) is 6.54 Å². The summed E-state index contributed by atoms with van der Waals surface area (Å²) in [5.74, 6) is 0. The van der Waals surface area contributed by atoms with Gasteiger partial charge in [0.2, 0.25) is 5.13 Å². The van der Waals surface area contributed by atoms with Gasteiger partial charge in [-0.25, -0.2) is 0 Å². The predicted molar refractivity (Wildman–Crippen MR) is 81.6 cm³/mol. The van der Waals surface area contributed by atoms with Crippen molar-refractivity contribution in [3.8, 4) is 0 Å². The lowest BCUT2D eigenvalue weighted by atomic mass is 9.78. The topological polar surface area (TPSA) is 41.1 Å². The summed E-state index contributed by atoms with van der Waals surface area (Å²) < 4.78 is 0. The Morgan fingerprint density at radius 1 is 1.26 bits per heavy atom. The molecule has 1 aromatic heterocycles. The van der Waals surface area contributed by atoms with Crippen LogP contribution >= 0.6 is 11.3 Å². The highest BCUT2D eigenvalue weighted by atomic mass is 32.1. The summed E-state index contributed by atoms with van der Waals surface area (Å²) in [6.07, 6.45) is 5.04. The van der Waals surface area contributed by atoms with E-state index in [1.54, 1.807) is 11.3 Å². The van der Waals surface area contributed by atoms with E-state index >= 15 is 0 Å². The molecule has 0 bridgehead atoms. The number of nitrogens with one attached hydrogen (secondary N) is 1. The van der Waals surface area contributed by atoms with E-state index in [2.05, 4.69) is 41.2 Å². The molecule has 1 N–H and O–H groups in total. The first-order valence-corrected chi connectivity index (χ1v) is 8.25. The smallest absolute Gasteiger partial charge is 0.205 e. The molecule has 2 heterocycles. The fourth-order valence-electron chi connectivity index (χ4n) is 2.42. The standard InChI is InChI=1S/C14H26N4S/c1-4-8-15-13-17-16-12(19-13)11-18-9-6-14(3,5-2)7-10-18/h4-11H2,1-3H3,(H,15,17). The number of anilines is 1. The number of nitrogens with zero attached hydrogens (tertiary/aromatic N) is 3. The van der Waals surface area contributed by atoms with Crippen LogP contribution in [-0.4, -0.2) is 34.7 Å². The van der Waals surface area contributed by atoms with Gasteiger partial charge in [0, 0.05) is 6.54 Å². The first-order valence-electron chi connectivity index (χ1n) is 7.44. The highest BCUT2D eigenvalue weighted by Gasteiger charge is 2.28. The number of likely N-dealkylation sites (tertiary alicyclic amines) is 1. The molecule has 0 aliphatic carbocycles. The van der Waals surface area contributed by atoms with Gasteiger partial charge in [-0.2, -0.15) is 0 Å². The SMILES string of the molecule is CCCNc1nnc(CN2CCC(C)(CC)CC2)s1. The first-order chi connectivity index (χ1) is 9.15. The van der Waals surface area contributed by atoms with Crippen LogP contribution in [0.1, 0.15) is 51.5 Å². The average molecular weight is 282 g/mol. The molecule has 1 saturated heterocycles. The minimum absolute atomic E-state index is 0.561. The zero-order valence-corrected chi connectivity index (χ0v) is 13.2. The van der Waals surface area contributed by atoms with Crippen molar-refractivity contribution in [2.75, 3.05) is 25.0 Å². The summed E-state index contributed by atoms with van der Waals surface area (Å²) >= 11 is 1.70. The molecule has 0 aromatic carbocycles. The van der Waals surface area contributed by atoms with E-state index in [4.69, 9.17) is 0 Å². The molecule has 0 amide bonds. The highest BCUT2D eigenvalue weighted by Crippen LogP contribution is 2.34. The van der Waals surface area contributed by atoms with Crippen LogP contribution in [0, 0.1) is 5.41 Å². The van der Waals surface area contributed by atoms with Gasteiger partial charge in [-0.05, 0) is 37.8 Å². The molecule has 19 heavy (non-hydrogen) atoms. The first kappa shape index (κ1) is 14.7. The van der Waals surface area contributed by atoms with Crippen LogP contribution in [0.25, 0.3) is 0 Å². The molecule has 1 aromatic rings. The molecule has 108 valence electrons. The third-order valence-corrected chi connectivity index (χ3v) is 5.13. The maximum atomic E-state index is 4.28. The Hall–Kier alpha value is -0.680. The largest absolute Gasteiger partial charge is 0.360 e. The minimum atomic E-state index is 0.561. The van der Waals surface area contributed by atoms with Crippen molar-refractivity contribution in [3.05, 3.63) is 5.01 Å². The van der Waals surface area contributed by atoms with Gasteiger partial charge in [-0.1, -0.05) is 38.5 Å². The van der Waals surface area contributed by atoms with Crippen molar-refractivity contribution in [1.29, 1.82) is 0 Å². The summed E-state index contributed by atoms with van der Waals surface area (Å²) in [6, 6.07) is 0. The molecule has 5 heteroatoms. The zero-order valence-electron chi connectivity index (χ0n) is 12.4. The maximum absolute atomic E-state index is 4.28. The van der Waals surface area contributed by atoms with Crippen LogP contribution < -0.4 is 5.32 Å².